The van der Waals surface area contributed by atoms with Gasteiger partial charge in [0.05, 0.1) is 12.5 Å². The molecular formula is C32H31NO. The summed E-state index contributed by atoms with van der Waals surface area (Å²) in [5.41, 5.74) is 4.57. The number of pyridine rings is 1. The van der Waals surface area contributed by atoms with E-state index >= 15 is 0 Å². The summed E-state index contributed by atoms with van der Waals surface area (Å²) in [6, 6.07) is 21.4. The zero-order valence-corrected chi connectivity index (χ0v) is 20.6. The molecular weight excluding hydrogens is 414 g/mol. The first-order valence-corrected chi connectivity index (χ1v) is 12.3. The Labute approximate surface area is 203 Å². The first-order valence-electron chi connectivity index (χ1n) is 12.8. The molecule has 0 saturated heterocycles. The third-order valence-corrected chi connectivity index (χ3v) is 6.80. The predicted molar refractivity (Wildman–Crippen MR) is 144 cm³/mol. The molecule has 0 amide bonds. The van der Waals surface area contributed by atoms with Gasteiger partial charge in [0.15, 0.2) is 0 Å². The highest BCUT2D eigenvalue weighted by molar-refractivity contribution is 6.17. The summed E-state index contributed by atoms with van der Waals surface area (Å²) in [5, 5.41) is 6.85. The zero-order chi connectivity index (χ0) is 24.5. The maximum atomic E-state index is 8.61. The molecule has 1 aromatic heterocycles. The van der Waals surface area contributed by atoms with Gasteiger partial charge >= 0.3 is 0 Å². The van der Waals surface area contributed by atoms with Gasteiger partial charge in [-0.05, 0) is 74.9 Å². The fourth-order valence-corrected chi connectivity index (χ4v) is 5.52. The Bertz CT molecular complexity index is 1640. The van der Waals surface area contributed by atoms with Gasteiger partial charge in [-0.2, -0.15) is 0 Å². The molecule has 2 nitrogen and oxygen atoms in total. The van der Waals surface area contributed by atoms with Crippen LogP contribution in [0.25, 0.3) is 43.6 Å². The highest BCUT2D eigenvalue weighted by Crippen LogP contribution is 2.51. The van der Waals surface area contributed by atoms with E-state index < -0.39 is 0 Å². The SMILES string of the molecule is [2H]c1cc2c3c(cc4c(CC(C)(C)C)cccc42)Oc2c(cc4ccccc4c2CC(C)C)-c3n1. The summed E-state index contributed by atoms with van der Waals surface area (Å²) in [7, 11) is 0. The second-order valence-corrected chi connectivity index (χ2v) is 11.3. The molecule has 0 atom stereocenters. The smallest absolute Gasteiger partial charge is 0.140 e. The van der Waals surface area contributed by atoms with E-state index in [9.17, 15) is 0 Å². The molecule has 2 heteroatoms. The van der Waals surface area contributed by atoms with Crippen molar-refractivity contribution in [3.8, 4) is 22.8 Å². The van der Waals surface area contributed by atoms with Crippen LogP contribution in [-0.2, 0) is 12.8 Å². The number of ether oxygens (including phenoxy) is 1. The molecule has 170 valence electrons. The summed E-state index contributed by atoms with van der Waals surface area (Å²) >= 11 is 0. The average Bonchev–Trinajstić information content (AvgIpc) is 2.79. The van der Waals surface area contributed by atoms with Crippen molar-refractivity contribution in [3.63, 3.8) is 0 Å². The lowest BCUT2D eigenvalue weighted by Crippen LogP contribution is -2.10. The second-order valence-electron chi connectivity index (χ2n) is 11.3. The maximum Gasteiger partial charge on any atom is 0.140 e. The lowest BCUT2D eigenvalue weighted by molar-refractivity contribution is 0.412. The van der Waals surface area contributed by atoms with Crippen LogP contribution in [0, 0.1) is 11.3 Å². The van der Waals surface area contributed by atoms with E-state index in [1.165, 1.54) is 27.3 Å². The lowest BCUT2D eigenvalue weighted by Gasteiger charge is -2.26. The second kappa shape index (κ2) is 7.56. The minimum Gasteiger partial charge on any atom is -0.456 e. The Morgan fingerprint density at radius 2 is 1.71 bits per heavy atom. The largest absolute Gasteiger partial charge is 0.456 e. The Kier molecular flexibility index (Phi) is 4.45. The normalized spacial score (nSPS) is 13.4. The van der Waals surface area contributed by atoms with Crippen LogP contribution in [0.1, 0.15) is 47.1 Å². The number of benzene rings is 4. The molecule has 0 radical (unpaired) electrons. The molecule has 2 heterocycles. The van der Waals surface area contributed by atoms with E-state index in [0.717, 1.165) is 51.8 Å². The molecule has 0 bridgehead atoms. The first-order chi connectivity index (χ1) is 16.7. The van der Waals surface area contributed by atoms with Crippen LogP contribution < -0.4 is 4.74 Å². The number of rotatable bonds is 3. The summed E-state index contributed by atoms with van der Waals surface area (Å²) in [6.07, 6.45) is 2.19. The van der Waals surface area contributed by atoms with Gasteiger partial charge in [0.25, 0.3) is 0 Å². The van der Waals surface area contributed by atoms with E-state index in [1.54, 1.807) is 0 Å². The van der Waals surface area contributed by atoms with Gasteiger partial charge < -0.3 is 4.74 Å². The fraction of sp³-hybridized carbons (Fsp3) is 0.281. The predicted octanol–water partition coefficient (Wildman–Crippen LogP) is 9.10. The molecule has 34 heavy (non-hydrogen) atoms. The number of nitrogens with zero attached hydrogens (tertiary/aromatic N) is 1. The third-order valence-electron chi connectivity index (χ3n) is 6.80. The number of aromatic nitrogens is 1. The van der Waals surface area contributed by atoms with Gasteiger partial charge in [-0.25, -0.2) is 0 Å². The fourth-order valence-electron chi connectivity index (χ4n) is 5.52. The number of hydrogen-bond acceptors (Lipinski definition) is 2. The van der Waals surface area contributed by atoms with Crippen LogP contribution in [-0.4, -0.2) is 4.98 Å². The van der Waals surface area contributed by atoms with Crippen molar-refractivity contribution in [1.82, 2.24) is 4.98 Å². The van der Waals surface area contributed by atoms with Crippen molar-refractivity contribution in [2.75, 3.05) is 0 Å². The highest BCUT2D eigenvalue weighted by atomic mass is 16.5. The molecule has 5 aromatic rings. The van der Waals surface area contributed by atoms with Crippen LogP contribution in [0.5, 0.6) is 11.5 Å². The minimum atomic E-state index is 0.168. The van der Waals surface area contributed by atoms with Crippen molar-refractivity contribution < 1.29 is 6.11 Å². The molecule has 1 aliphatic rings. The maximum absolute atomic E-state index is 8.61. The quantitative estimate of drug-likeness (QED) is 0.253. The molecule has 0 saturated carbocycles. The molecule has 0 N–H and O–H groups in total. The van der Waals surface area contributed by atoms with E-state index in [0.29, 0.717) is 12.1 Å². The van der Waals surface area contributed by atoms with Crippen LogP contribution in [0.2, 0.25) is 0 Å². The molecule has 0 unspecified atom stereocenters. The monoisotopic (exact) mass is 446 g/mol. The standard InChI is InChI=1S/C32H31NO/c1-19(2)15-26-22-11-7-6-9-20(22)16-27-30-29-24(13-14-33-30)23-12-8-10-21(18-32(3,4)5)25(23)17-28(29)34-31(26)27/h6-14,16-17,19H,15,18H2,1-5H3/i14D. The van der Waals surface area contributed by atoms with Crippen LogP contribution in [0.3, 0.4) is 0 Å². The van der Waals surface area contributed by atoms with Gasteiger partial charge in [0.2, 0.25) is 0 Å². The van der Waals surface area contributed by atoms with Gasteiger partial charge in [-0.1, -0.05) is 77.1 Å². The van der Waals surface area contributed by atoms with Crippen molar-refractivity contribution in [1.29, 1.82) is 0 Å². The molecule has 6 rings (SSSR count). The minimum absolute atomic E-state index is 0.168. The van der Waals surface area contributed by atoms with Gasteiger partial charge in [0, 0.05) is 17.3 Å². The number of hydrogen-bond donors (Lipinski definition) is 0. The average molecular weight is 447 g/mol. The number of fused-ring (bicyclic) bond motifs is 5. The Hall–Kier alpha value is -3.39. The van der Waals surface area contributed by atoms with Crippen molar-refractivity contribution in [2.24, 2.45) is 11.3 Å². The van der Waals surface area contributed by atoms with Gasteiger partial charge in [-0.3, -0.25) is 4.98 Å². The van der Waals surface area contributed by atoms with Gasteiger partial charge in [0.1, 0.15) is 11.5 Å². The molecule has 0 spiro atoms. The Morgan fingerprint density at radius 1 is 0.912 bits per heavy atom. The highest BCUT2D eigenvalue weighted by Gasteiger charge is 2.27. The van der Waals surface area contributed by atoms with Crippen molar-refractivity contribution in [3.05, 3.63) is 78.0 Å². The molecule has 4 aromatic carbocycles. The molecule has 0 aliphatic carbocycles. The van der Waals surface area contributed by atoms with Crippen molar-refractivity contribution >= 4 is 32.3 Å². The van der Waals surface area contributed by atoms with E-state index in [-0.39, 0.29) is 5.41 Å². The lowest BCUT2D eigenvalue weighted by atomic mass is 9.84. The van der Waals surface area contributed by atoms with E-state index in [4.69, 9.17) is 11.1 Å². The van der Waals surface area contributed by atoms with E-state index in [2.05, 4.69) is 89.2 Å². The first kappa shape index (κ1) is 20.0. The van der Waals surface area contributed by atoms with Crippen LogP contribution >= 0.6 is 0 Å². The summed E-state index contributed by atoms with van der Waals surface area (Å²) in [6.45, 7) is 11.3. The van der Waals surface area contributed by atoms with Crippen molar-refractivity contribution in [2.45, 2.75) is 47.5 Å². The van der Waals surface area contributed by atoms with Crippen LogP contribution in [0.4, 0.5) is 0 Å². The molecule has 0 fully saturated rings. The van der Waals surface area contributed by atoms with Gasteiger partial charge in [-0.15, -0.1) is 0 Å². The molecule has 1 aliphatic heterocycles. The summed E-state index contributed by atoms with van der Waals surface area (Å²) < 4.78 is 15.4. The Morgan fingerprint density at radius 3 is 2.50 bits per heavy atom. The zero-order valence-electron chi connectivity index (χ0n) is 21.6. The third kappa shape index (κ3) is 3.36. The summed E-state index contributed by atoms with van der Waals surface area (Å²) in [4.78, 5) is 4.78. The van der Waals surface area contributed by atoms with Crippen LogP contribution in [0.15, 0.2) is 66.8 Å². The Balaban J connectivity index is 1.72. The van der Waals surface area contributed by atoms with E-state index in [1.807, 2.05) is 6.07 Å². The topological polar surface area (TPSA) is 22.1 Å². The summed E-state index contributed by atoms with van der Waals surface area (Å²) in [5.74, 6) is 2.24.